The summed E-state index contributed by atoms with van der Waals surface area (Å²) >= 11 is 0. The molecule has 1 rings (SSSR count). The molecule has 0 spiro atoms. The second-order valence-corrected chi connectivity index (χ2v) is 4.24. The first-order valence-corrected chi connectivity index (χ1v) is 4.90. The number of anilines is 1. The molecule has 16 heavy (non-hydrogen) atoms. The van der Waals surface area contributed by atoms with Gasteiger partial charge in [-0.25, -0.2) is 4.79 Å². The molecule has 0 bridgehead atoms. The third-order valence-corrected chi connectivity index (χ3v) is 1.59. The van der Waals surface area contributed by atoms with E-state index in [1.54, 1.807) is 33.0 Å². The van der Waals surface area contributed by atoms with Crippen molar-refractivity contribution in [1.29, 1.82) is 0 Å². The molecule has 1 aromatic rings. The lowest BCUT2D eigenvalue weighted by Gasteiger charge is -2.19. The van der Waals surface area contributed by atoms with E-state index in [4.69, 9.17) is 9.47 Å². The van der Waals surface area contributed by atoms with E-state index in [2.05, 4.69) is 10.3 Å². The van der Waals surface area contributed by atoms with E-state index in [0.717, 1.165) is 0 Å². The summed E-state index contributed by atoms with van der Waals surface area (Å²) in [5, 5.41) is 2.57. The SMILES string of the molecule is COc1cncc(NC(=O)OC(C)(C)C)c1. The monoisotopic (exact) mass is 224 g/mol. The minimum absolute atomic E-state index is 0.512. The van der Waals surface area contributed by atoms with Crippen LogP contribution in [0.1, 0.15) is 20.8 Å². The molecule has 1 heterocycles. The van der Waals surface area contributed by atoms with Crippen molar-refractivity contribution in [3.8, 4) is 5.75 Å². The van der Waals surface area contributed by atoms with Crippen LogP contribution in [0.25, 0.3) is 0 Å². The summed E-state index contributed by atoms with van der Waals surface area (Å²) in [6.45, 7) is 5.41. The van der Waals surface area contributed by atoms with Crippen molar-refractivity contribution in [3.63, 3.8) is 0 Å². The van der Waals surface area contributed by atoms with Gasteiger partial charge < -0.3 is 9.47 Å². The topological polar surface area (TPSA) is 60.5 Å². The van der Waals surface area contributed by atoms with Gasteiger partial charge in [-0.2, -0.15) is 0 Å². The highest BCUT2D eigenvalue weighted by Gasteiger charge is 2.16. The highest BCUT2D eigenvalue weighted by molar-refractivity contribution is 5.84. The Balaban J connectivity index is 2.62. The minimum atomic E-state index is -0.517. The van der Waals surface area contributed by atoms with E-state index < -0.39 is 11.7 Å². The lowest BCUT2D eigenvalue weighted by Crippen LogP contribution is -2.27. The van der Waals surface area contributed by atoms with Crippen molar-refractivity contribution in [2.45, 2.75) is 26.4 Å². The van der Waals surface area contributed by atoms with Crippen LogP contribution in [-0.2, 0) is 4.74 Å². The van der Waals surface area contributed by atoms with E-state index in [9.17, 15) is 4.79 Å². The molecule has 0 atom stereocenters. The van der Waals surface area contributed by atoms with Crippen LogP contribution in [0.15, 0.2) is 18.5 Å². The summed E-state index contributed by atoms with van der Waals surface area (Å²) in [5.74, 6) is 0.577. The van der Waals surface area contributed by atoms with Crippen LogP contribution in [0.4, 0.5) is 10.5 Å². The molecule has 0 fully saturated rings. The number of nitrogens with zero attached hydrogens (tertiary/aromatic N) is 1. The van der Waals surface area contributed by atoms with Crippen molar-refractivity contribution in [3.05, 3.63) is 18.5 Å². The van der Waals surface area contributed by atoms with Gasteiger partial charge in [0.25, 0.3) is 0 Å². The van der Waals surface area contributed by atoms with Gasteiger partial charge in [-0.3, -0.25) is 10.3 Å². The summed E-state index contributed by atoms with van der Waals surface area (Å²) < 4.78 is 10.1. The maximum atomic E-state index is 11.4. The maximum absolute atomic E-state index is 11.4. The van der Waals surface area contributed by atoms with Gasteiger partial charge in [0.2, 0.25) is 0 Å². The average molecular weight is 224 g/mol. The molecule has 0 aliphatic carbocycles. The lowest BCUT2D eigenvalue weighted by molar-refractivity contribution is 0.0636. The fourth-order valence-corrected chi connectivity index (χ4v) is 1.02. The molecule has 1 aromatic heterocycles. The van der Waals surface area contributed by atoms with Crippen LogP contribution in [0.5, 0.6) is 5.75 Å². The number of amides is 1. The van der Waals surface area contributed by atoms with E-state index in [1.165, 1.54) is 13.3 Å². The zero-order chi connectivity index (χ0) is 12.2. The normalized spacial score (nSPS) is 10.8. The zero-order valence-corrected chi connectivity index (χ0v) is 9.90. The number of methoxy groups -OCH3 is 1. The first-order valence-electron chi connectivity index (χ1n) is 4.90. The summed E-state index contributed by atoms with van der Waals surface area (Å²) in [7, 11) is 1.54. The number of nitrogens with one attached hydrogen (secondary N) is 1. The Morgan fingerprint density at radius 3 is 2.62 bits per heavy atom. The Labute approximate surface area is 94.8 Å². The van der Waals surface area contributed by atoms with Gasteiger partial charge in [-0.15, -0.1) is 0 Å². The molecule has 5 nitrogen and oxygen atoms in total. The van der Waals surface area contributed by atoms with Gasteiger partial charge in [0, 0.05) is 6.07 Å². The number of rotatable bonds is 2. The molecule has 88 valence electrons. The number of ether oxygens (including phenoxy) is 2. The highest BCUT2D eigenvalue weighted by Crippen LogP contribution is 2.16. The molecule has 1 N–H and O–H groups in total. The molecule has 0 radical (unpaired) electrons. The van der Waals surface area contributed by atoms with Gasteiger partial charge in [0.05, 0.1) is 25.2 Å². The second kappa shape index (κ2) is 4.83. The number of hydrogen-bond acceptors (Lipinski definition) is 4. The molecule has 0 aliphatic heterocycles. The Morgan fingerprint density at radius 1 is 1.38 bits per heavy atom. The summed E-state index contributed by atoms with van der Waals surface area (Å²) in [4.78, 5) is 15.3. The molecule has 5 heteroatoms. The molecule has 1 amide bonds. The predicted molar refractivity (Wildman–Crippen MR) is 60.6 cm³/mol. The lowest BCUT2D eigenvalue weighted by atomic mass is 10.2. The van der Waals surface area contributed by atoms with Crippen molar-refractivity contribution < 1.29 is 14.3 Å². The van der Waals surface area contributed by atoms with Crippen LogP contribution >= 0.6 is 0 Å². The van der Waals surface area contributed by atoms with Gasteiger partial charge >= 0.3 is 6.09 Å². The predicted octanol–water partition coefficient (Wildman–Crippen LogP) is 2.44. The third kappa shape index (κ3) is 4.16. The molecule has 0 unspecified atom stereocenters. The summed E-state index contributed by atoms with van der Waals surface area (Å²) in [6, 6.07) is 1.66. The van der Waals surface area contributed by atoms with Crippen LogP contribution < -0.4 is 10.1 Å². The Kier molecular flexibility index (Phi) is 3.71. The van der Waals surface area contributed by atoms with Gasteiger partial charge in [0.15, 0.2) is 0 Å². The van der Waals surface area contributed by atoms with Crippen LogP contribution in [0.2, 0.25) is 0 Å². The standard InChI is InChI=1S/C11H16N2O3/c1-11(2,3)16-10(14)13-8-5-9(15-4)7-12-6-8/h5-7H,1-4H3,(H,13,14). The number of hydrogen-bond donors (Lipinski definition) is 1. The van der Waals surface area contributed by atoms with E-state index in [-0.39, 0.29) is 0 Å². The van der Waals surface area contributed by atoms with E-state index in [1.807, 2.05) is 0 Å². The smallest absolute Gasteiger partial charge is 0.412 e. The third-order valence-electron chi connectivity index (χ3n) is 1.59. The molecular weight excluding hydrogens is 208 g/mol. The Bertz CT molecular complexity index is 372. The molecular formula is C11H16N2O3. The number of pyridine rings is 1. The second-order valence-electron chi connectivity index (χ2n) is 4.24. The van der Waals surface area contributed by atoms with Crippen molar-refractivity contribution in [1.82, 2.24) is 4.98 Å². The highest BCUT2D eigenvalue weighted by atomic mass is 16.6. The molecule has 0 aromatic carbocycles. The van der Waals surface area contributed by atoms with Crippen LogP contribution in [0, 0.1) is 0 Å². The fraction of sp³-hybridized carbons (Fsp3) is 0.455. The Hall–Kier alpha value is -1.78. The van der Waals surface area contributed by atoms with Crippen molar-refractivity contribution in [2.24, 2.45) is 0 Å². The van der Waals surface area contributed by atoms with E-state index >= 15 is 0 Å². The Morgan fingerprint density at radius 2 is 2.06 bits per heavy atom. The molecule has 0 saturated heterocycles. The summed E-state index contributed by atoms with van der Waals surface area (Å²) in [6.07, 6.45) is 2.56. The van der Waals surface area contributed by atoms with Crippen molar-refractivity contribution in [2.75, 3.05) is 12.4 Å². The van der Waals surface area contributed by atoms with Crippen LogP contribution in [-0.4, -0.2) is 23.8 Å². The zero-order valence-electron chi connectivity index (χ0n) is 9.90. The summed E-state index contributed by atoms with van der Waals surface area (Å²) in [5.41, 5.74) is 0.0183. The molecule has 0 aliphatic rings. The number of carbonyl (C=O) groups is 1. The van der Waals surface area contributed by atoms with Crippen LogP contribution in [0.3, 0.4) is 0 Å². The maximum Gasteiger partial charge on any atom is 0.412 e. The number of aromatic nitrogens is 1. The average Bonchev–Trinajstić information content (AvgIpc) is 2.15. The largest absolute Gasteiger partial charge is 0.495 e. The number of carbonyl (C=O) groups excluding carboxylic acids is 1. The first-order chi connectivity index (χ1) is 7.40. The fourth-order valence-electron chi connectivity index (χ4n) is 1.02. The van der Waals surface area contributed by atoms with Gasteiger partial charge in [-0.1, -0.05) is 0 Å². The van der Waals surface area contributed by atoms with Crippen molar-refractivity contribution >= 4 is 11.8 Å². The first kappa shape index (κ1) is 12.3. The van der Waals surface area contributed by atoms with E-state index in [0.29, 0.717) is 11.4 Å². The quantitative estimate of drug-likeness (QED) is 0.838. The van der Waals surface area contributed by atoms with Gasteiger partial charge in [-0.05, 0) is 20.8 Å². The van der Waals surface area contributed by atoms with Gasteiger partial charge in [0.1, 0.15) is 11.4 Å². The minimum Gasteiger partial charge on any atom is -0.495 e. The molecule has 0 saturated carbocycles.